The summed E-state index contributed by atoms with van der Waals surface area (Å²) in [4.78, 5) is 25.2. The second-order valence-corrected chi connectivity index (χ2v) is 5.74. The first-order chi connectivity index (χ1) is 9.80. The van der Waals surface area contributed by atoms with Crippen molar-refractivity contribution in [2.24, 2.45) is 17.6 Å². The number of primary amides is 1. The van der Waals surface area contributed by atoms with Crippen LogP contribution >= 0.6 is 0 Å². The van der Waals surface area contributed by atoms with Crippen molar-refractivity contribution in [1.82, 2.24) is 10.2 Å². The van der Waals surface area contributed by atoms with E-state index < -0.39 is 30.0 Å². The first-order valence-corrected chi connectivity index (χ1v) is 7.18. The lowest BCUT2D eigenvalue weighted by molar-refractivity contribution is -0.185. The van der Waals surface area contributed by atoms with Crippen LogP contribution in [0.25, 0.3) is 0 Å². The molecule has 5 nitrogen and oxygen atoms in total. The highest BCUT2D eigenvalue weighted by atomic mass is 19.4. The summed E-state index contributed by atoms with van der Waals surface area (Å²) in [6.45, 7) is 1.23. The zero-order chi connectivity index (χ0) is 15.6. The molecule has 0 spiro atoms. The second kappa shape index (κ2) is 6.21. The number of amides is 2. The Labute approximate surface area is 121 Å². The minimum absolute atomic E-state index is 0.0206. The number of carbonyl (C=O) groups is 2. The largest absolute Gasteiger partial charge is 0.391 e. The average Bonchev–Trinajstić information content (AvgIpc) is 2.45. The molecule has 0 bridgehead atoms. The fourth-order valence-corrected chi connectivity index (χ4v) is 3.12. The first kappa shape index (κ1) is 16.1. The minimum atomic E-state index is -4.18. The van der Waals surface area contributed by atoms with Gasteiger partial charge < -0.3 is 16.0 Å². The molecule has 1 heterocycles. The van der Waals surface area contributed by atoms with E-state index >= 15 is 0 Å². The SMILES string of the molecule is NC(=O)C1CNCCN1C(=O)C1CCC(C(F)(F)F)CC1. The molecule has 0 aromatic carbocycles. The maximum absolute atomic E-state index is 12.6. The molecule has 1 unspecified atom stereocenters. The number of carbonyl (C=O) groups excluding carboxylic acids is 2. The lowest BCUT2D eigenvalue weighted by atomic mass is 9.80. The average molecular weight is 307 g/mol. The standard InChI is InChI=1S/C13H20F3N3O2/c14-13(15,16)9-3-1-8(2-4-9)12(21)19-6-5-18-7-10(19)11(17)20/h8-10,18H,1-7H2,(H2,17,20). The molecule has 8 heteroatoms. The number of rotatable bonds is 2. The van der Waals surface area contributed by atoms with Crippen molar-refractivity contribution in [3.8, 4) is 0 Å². The molecule has 0 aromatic rings. The summed E-state index contributed by atoms with van der Waals surface area (Å²) in [5.41, 5.74) is 5.28. The fourth-order valence-electron chi connectivity index (χ4n) is 3.12. The molecule has 2 amide bonds. The number of hydrogen-bond donors (Lipinski definition) is 2. The van der Waals surface area contributed by atoms with Crippen LogP contribution in [0.4, 0.5) is 13.2 Å². The molecule has 2 aliphatic rings. The monoisotopic (exact) mass is 307 g/mol. The summed E-state index contributed by atoms with van der Waals surface area (Å²) in [6.07, 6.45) is -3.78. The summed E-state index contributed by atoms with van der Waals surface area (Å²) in [7, 11) is 0. The summed E-state index contributed by atoms with van der Waals surface area (Å²) >= 11 is 0. The Kier molecular flexibility index (Phi) is 4.75. The highest BCUT2D eigenvalue weighted by Gasteiger charge is 2.44. The molecule has 2 rings (SSSR count). The second-order valence-electron chi connectivity index (χ2n) is 5.74. The van der Waals surface area contributed by atoms with Crippen molar-refractivity contribution in [2.45, 2.75) is 37.9 Å². The molecule has 0 radical (unpaired) electrons. The van der Waals surface area contributed by atoms with Gasteiger partial charge in [0.2, 0.25) is 11.8 Å². The van der Waals surface area contributed by atoms with E-state index in [-0.39, 0.29) is 31.6 Å². The van der Waals surface area contributed by atoms with Gasteiger partial charge in [-0.1, -0.05) is 0 Å². The normalized spacial score (nSPS) is 31.0. The van der Waals surface area contributed by atoms with Crippen LogP contribution in [-0.2, 0) is 9.59 Å². The smallest absolute Gasteiger partial charge is 0.368 e. The summed E-state index contributed by atoms with van der Waals surface area (Å²) in [5, 5.41) is 2.99. The number of alkyl halides is 3. The van der Waals surface area contributed by atoms with Gasteiger partial charge in [0.15, 0.2) is 0 Å². The van der Waals surface area contributed by atoms with Gasteiger partial charge in [-0.2, -0.15) is 13.2 Å². The van der Waals surface area contributed by atoms with Gasteiger partial charge in [0.05, 0.1) is 5.92 Å². The van der Waals surface area contributed by atoms with E-state index in [4.69, 9.17) is 5.73 Å². The first-order valence-electron chi connectivity index (χ1n) is 7.18. The molecule has 1 saturated heterocycles. The fraction of sp³-hybridized carbons (Fsp3) is 0.846. The van der Waals surface area contributed by atoms with Gasteiger partial charge in [-0.05, 0) is 25.7 Å². The third-order valence-corrected chi connectivity index (χ3v) is 4.39. The van der Waals surface area contributed by atoms with E-state index in [1.165, 1.54) is 4.90 Å². The molecule has 1 aliphatic carbocycles. The Morgan fingerprint density at radius 2 is 1.76 bits per heavy atom. The molecular weight excluding hydrogens is 287 g/mol. The zero-order valence-electron chi connectivity index (χ0n) is 11.7. The maximum Gasteiger partial charge on any atom is 0.391 e. The molecule has 3 N–H and O–H groups in total. The van der Waals surface area contributed by atoms with E-state index in [0.29, 0.717) is 19.6 Å². The number of piperazine rings is 1. The van der Waals surface area contributed by atoms with Crippen molar-refractivity contribution in [1.29, 1.82) is 0 Å². The lowest BCUT2D eigenvalue weighted by Gasteiger charge is -2.38. The summed E-state index contributed by atoms with van der Waals surface area (Å²) in [5.74, 6) is -2.56. The third kappa shape index (κ3) is 3.66. The third-order valence-electron chi connectivity index (χ3n) is 4.39. The van der Waals surface area contributed by atoms with Gasteiger partial charge in [-0.15, -0.1) is 0 Å². The van der Waals surface area contributed by atoms with Crippen molar-refractivity contribution >= 4 is 11.8 Å². The molecular formula is C13H20F3N3O2. The molecule has 120 valence electrons. The molecule has 1 atom stereocenters. The van der Waals surface area contributed by atoms with Crippen LogP contribution in [0.15, 0.2) is 0 Å². The highest BCUT2D eigenvalue weighted by molar-refractivity contribution is 5.88. The lowest BCUT2D eigenvalue weighted by Crippen LogP contribution is -2.60. The van der Waals surface area contributed by atoms with Crippen LogP contribution in [0.2, 0.25) is 0 Å². The number of nitrogens with one attached hydrogen (secondary N) is 1. The van der Waals surface area contributed by atoms with Crippen LogP contribution in [0.5, 0.6) is 0 Å². The predicted molar refractivity (Wildman–Crippen MR) is 69.1 cm³/mol. The van der Waals surface area contributed by atoms with Crippen LogP contribution in [0.1, 0.15) is 25.7 Å². The Morgan fingerprint density at radius 1 is 1.14 bits per heavy atom. The van der Waals surface area contributed by atoms with E-state index in [9.17, 15) is 22.8 Å². The van der Waals surface area contributed by atoms with Crippen molar-refractivity contribution in [3.63, 3.8) is 0 Å². The van der Waals surface area contributed by atoms with Gasteiger partial charge in [0, 0.05) is 25.6 Å². The molecule has 0 aromatic heterocycles. The van der Waals surface area contributed by atoms with E-state index in [2.05, 4.69) is 5.32 Å². The Morgan fingerprint density at radius 3 is 2.29 bits per heavy atom. The van der Waals surface area contributed by atoms with Crippen molar-refractivity contribution in [3.05, 3.63) is 0 Å². The van der Waals surface area contributed by atoms with Crippen LogP contribution in [0.3, 0.4) is 0 Å². The summed E-state index contributed by atoms with van der Waals surface area (Å²) in [6, 6.07) is -0.702. The van der Waals surface area contributed by atoms with Crippen LogP contribution < -0.4 is 11.1 Å². The Hall–Kier alpha value is -1.31. The van der Waals surface area contributed by atoms with E-state index in [0.717, 1.165) is 0 Å². The molecule has 1 aliphatic heterocycles. The van der Waals surface area contributed by atoms with Crippen LogP contribution in [0, 0.1) is 11.8 Å². The number of nitrogens with zero attached hydrogens (tertiary/aromatic N) is 1. The van der Waals surface area contributed by atoms with Gasteiger partial charge in [-0.25, -0.2) is 0 Å². The summed E-state index contributed by atoms with van der Waals surface area (Å²) < 4.78 is 37.9. The minimum Gasteiger partial charge on any atom is -0.368 e. The number of hydrogen-bond acceptors (Lipinski definition) is 3. The van der Waals surface area contributed by atoms with Gasteiger partial charge in [0.25, 0.3) is 0 Å². The maximum atomic E-state index is 12.6. The Bertz CT molecular complexity index is 406. The van der Waals surface area contributed by atoms with E-state index in [1.54, 1.807) is 0 Å². The zero-order valence-corrected chi connectivity index (χ0v) is 11.7. The topological polar surface area (TPSA) is 75.4 Å². The van der Waals surface area contributed by atoms with Crippen LogP contribution in [-0.4, -0.2) is 48.6 Å². The Balaban J connectivity index is 1.96. The molecule has 2 fully saturated rings. The number of halogens is 3. The number of nitrogens with two attached hydrogens (primary N) is 1. The van der Waals surface area contributed by atoms with Crippen molar-refractivity contribution in [2.75, 3.05) is 19.6 Å². The van der Waals surface area contributed by atoms with E-state index in [1.807, 2.05) is 0 Å². The predicted octanol–water partition coefficient (Wildman–Crippen LogP) is 0.641. The highest BCUT2D eigenvalue weighted by Crippen LogP contribution is 2.40. The van der Waals surface area contributed by atoms with Crippen molar-refractivity contribution < 1.29 is 22.8 Å². The van der Waals surface area contributed by atoms with Gasteiger partial charge in [0.1, 0.15) is 6.04 Å². The molecule has 1 saturated carbocycles. The molecule has 21 heavy (non-hydrogen) atoms. The van der Waals surface area contributed by atoms with Gasteiger partial charge >= 0.3 is 6.18 Å². The quantitative estimate of drug-likeness (QED) is 0.786. The van der Waals surface area contributed by atoms with Gasteiger partial charge in [-0.3, -0.25) is 9.59 Å².